The van der Waals surface area contributed by atoms with E-state index in [1.165, 1.54) is 32.4 Å². The van der Waals surface area contributed by atoms with Crippen molar-refractivity contribution >= 4 is 5.91 Å². The molecule has 0 radical (unpaired) electrons. The van der Waals surface area contributed by atoms with E-state index in [1.54, 1.807) is 0 Å². The van der Waals surface area contributed by atoms with Gasteiger partial charge in [-0.1, -0.05) is 6.42 Å². The lowest BCUT2D eigenvalue weighted by molar-refractivity contribution is -0.129. The fourth-order valence-electron chi connectivity index (χ4n) is 2.81. The van der Waals surface area contributed by atoms with Crippen LogP contribution in [0.5, 0.6) is 0 Å². The first-order valence-corrected chi connectivity index (χ1v) is 6.47. The van der Waals surface area contributed by atoms with Crippen LogP contribution in [0, 0.1) is 0 Å². The molecular weight excluding hydrogens is 202 g/mol. The Labute approximate surface area is 98.0 Å². The standard InChI is InChI=1S/C12H23N3O/c1-13-9-12(16)15-8-5-11(10-15)14-6-3-2-4-7-14/h11,13H,2-10H2,1H3. The van der Waals surface area contributed by atoms with Crippen LogP contribution in [0.2, 0.25) is 0 Å². The molecule has 0 aromatic carbocycles. The van der Waals surface area contributed by atoms with E-state index in [1.807, 2.05) is 11.9 Å². The molecule has 0 aromatic rings. The third kappa shape index (κ3) is 2.74. The number of piperidine rings is 1. The summed E-state index contributed by atoms with van der Waals surface area (Å²) >= 11 is 0. The molecule has 92 valence electrons. The number of likely N-dealkylation sites (tertiary alicyclic amines) is 2. The Morgan fingerprint density at radius 1 is 1.25 bits per heavy atom. The number of likely N-dealkylation sites (N-methyl/N-ethyl adjacent to an activating group) is 1. The van der Waals surface area contributed by atoms with E-state index < -0.39 is 0 Å². The van der Waals surface area contributed by atoms with Gasteiger partial charge in [0.2, 0.25) is 5.91 Å². The predicted octanol–water partition coefficient (Wildman–Crippen LogP) is 0.293. The van der Waals surface area contributed by atoms with E-state index >= 15 is 0 Å². The average Bonchev–Trinajstić information content (AvgIpc) is 2.80. The van der Waals surface area contributed by atoms with Gasteiger partial charge in [-0.25, -0.2) is 0 Å². The molecule has 0 saturated carbocycles. The Balaban J connectivity index is 1.80. The number of nitrogens with one attached hydrogen (secondary N) is 1. The van der Waals surface area contributed by atoms with Crippen LogP contribution in [-0.2, 0) is 4.79 Å². The highest BCUT2D eigenvalue weighted by atomic mass is 16.2. The number of hydrogen-bond acceptors (Lipinski definition) is 3. The number of hydrogen-bond donors (Lipinski definition) is 1. The van der Waals surface area contributed by atoms with Gasteiger partial charge >= 0.3 is 0 Å². The summed E-state index contributed by atoms with van der Waals surface area (Å²) in [6, 6.07) is 0.626. The SMILES string of the molecule is CNCC(=O)N1CCC(N2CCCCC2)C1. The zero-order valence-corrected chi connectivity index (χ0v) is 10.2. The normalized spacial score (nSPS) is 27.3. The van der Waals surface area contributed by atoms with Crippen molar-refractivity contribution in [2.75, 3.05) is 39.8 Å². The fourth-order valence-corrected chi connectivity index (χ4v) is 2.81. The van der Waals surface area contributed by atoms with Crippen molar-refractivity contribution in [2.24, 2.45) is 0 Å². The van der Waals surface area contributed by atoms with Crippen molar-refractivity contribution in [3.8, 4) is 0 Å². The Bertz CT molecular complexity index is 238. The van der Waals surface area contributed by atoms with Gasteiger partial charge in [-0.2, -0.15) is 0 Å². The van der Waals surface area contributed by atoms with E-state index in [2.05, 4.69) is 10.2 Å². The number of nitrogens with zero attached hydrogens (tertiary/aromatic N) is 2. The second-order valence-electron chi connectivity index (χ2n) is 4.91. The maximum absolute atomic E-state index is 11.7. The first kappa shape index (κ1) is 11.9. The quantitative estimate of drug-likeness (QED) is 0.750. The third-order valence-corrected chi connectivity index (χ3v) is 3.75. The number of rotatable bonds is 3. The van der Waals surface area contributed by atoms with Gasteiger partial charge in [0, 0.05) is 19.1 Å². The predicted molar refractivity (Wildman–Crippen MR) is 64.3 cm³/mol. The molecule has 1 atom stereocenters. The third-order valence-electron chi connectivity index (χ3n) is 3.75. The number of carbonyl (C=O) groups is 1. The highest BCUT2D eigenvalue weighted by molar-refractivity contribution is 5.78. The first-order valence-electron chi connectivity index (χ1n) is 6.47. The van der Waals surface area contributed by atoms with E-state index in [9.17, 15) is 4.79 Å². The monoisotopic (exact) mass is 225 g/mol. The molecular formula is C12H23N3O. The van der Waals surface area contributed by atoms with Crippen molar-refractivity contribution in [3.63, 3.8) is 0 Å². The van der Waals surface area contributed by atoms with Crippen molar-refractivity contribution in [2.45, 2.75) is 31.7 Å². The highest BCUT2D eigenvalue weighted by Crippen LogP contribution is 2.19. The van der Waals surface area contributed by atoms with Gasteiger partial charge in [0.15, 0.2) is 0 Å². The molecule has 2 rings (SSSR count). The molecule has 1 N–H and O–H groups in total. The van der Waals surface area contributed by atoms with Gasteiger partial charge in [0.05, 0.1) is 6.54 Å². The minimum Gasteiger partial charge on any atom is -0.340 e. The second kappa shape index (κ2) is 5.64. The lowest BCUT2D eigenvalue weighted by atomic mass is 10.1. The molecule has 2 saturated heterocycles. The molecule has 4 heteroatoms. The van der Waals surface area contributed by atoms with E-state index in [0.717, 1.165) is 19.5 Å². The summed E-state index contributed by atoms with van der Waals surface area (Å²) in [6.45, 7) is 4.84. The summed E-state index contributed by atoms with van der Waals surface area (Å²) in [4.78, 5) is 16.3. The molecule has 0 aliphatic carbocycles. The topological polar surface area (TPSA) is 35.6 Å². The summed E-state index contributed by atoms with van der Waals surface area (Å²) in [5.74, 6) is 0.252. The van der Waals surface area contributed by atoms with E-state index in [4.69, 9.17) is 0 Å². The average molecular weight is 225 g/mol. The Morgan fingerprint density at radius 2 is 2.00 bits per heavy atom. The van der Waals surface area contributed by atoms with Gasteiger partial charge in [-0.15, -0.1) is 0 Å². The maximum atomic E-state index is 11.7. The number of carbonyl (C=O) groups excluding carboxylic acids is 1. The Kier molecular flexibility index (Phi) is 4.18. The second-order valence-corrected chi connectivity index (χ2v) is 4.91. The molecule has 2 aliphatic heterocycles. The molecule has 0 bridgehead atoms. The van der Waals surface area contributed by atoms with Crippen LogP contribution in [-0.4, -0.2) is 61.5 Å². The largest absolute Gasteiger partial charge is 0.340 e. The zero-order chi connectivity index (χ0) is 11.4. The minimum atomic E-state index is 0.252. The van der Waals surface area contributed by atoms with E-state index in [-0.39, 0.29) is 5.91 Å². The van der Waals surface area contributed by atoms with Gasteiger partial charge in [0.1, 0.15) is 0 Å². The van der Waals surface area contributed by atoms with Gasteiger partial charge < -0.3 is 10.2 Å². The fraction of sp³-hybridized carbons (Fsp3) is 0.917. The van der Waals surface area contributed by atoms with Crippen molar-refractivity contribution in [1.29, 1.82) is 0 Å². The smallest absolute Gasteiger partial charge is 0.236 e. The Hall–Kier alpha value is -0.610. The van der Waals surface area contributed by atoms with Crippen LogP contribution < -0.4 is 5.32 Å². The van der Waals surface area contributed by atoms with Crippen LogP contribution in [0.4, 0.5) is 0 Å². The molecule has 0 aromatic heterocycles. The van der Waals surface area contributed by atoms with Crippen LogP contribution >= 0.6 is 0 Å². The Morgan fingerprint density at radius 3 is 2.69 bits per heavy atom. The van der Waals surface area contributed by atoms with Gasteiger partial charge in [0.25, 0.3) is 0 Å². The summed E-state index contributed by atoms with van der Waals surface area (Å²) in [6.07, 6.45) is 5.21. The van der Waals surface area contributed by atoms with Crippen molar-refractivity contribution in [1.82, 2.24) is 15.1 Å². The molecule has 1 unspecified atom stereocenters. The van der Waals surface area contributed by atoms with Crippen LogP contribution in [0.1, 0.15) is 25.7 Å². The molecule has 1 amide bonds. The summed E-state index contributed by atoms with van der Waals surface area (Å²) < 4.78 is 0. The van der Waals surface area contributed by atoms with Crippen molar-refractivity contribution < 1.29 is 4.79 Å². The molecule has 2 heterocycles. The van der Waals surface area contributed by atoms with Crippen LogP contribution in [0.3, 0.4) is 0 Å². The van der Waals surface area contributed by atoms with Crippen LogP contribution in [0.25, 0.3) is 0 Å². The summed E-state index contributed by atoms with van der Waals surface area (Å²) in [5, 5.41) is 2.93. The molecule has 2 aliphatic rings. The number of amides is 1. The minimum absolute atomic E-state index is 0.252. The van der Waals surface area contributed by atoms with E-state index in [0.29, 0.717) is 12.6 Å². The molecule has 0 spiro atoms. The lowest BCUT2D eigenvalue weighted by Crippen LogP contribution is -2.42. The summed E-state index contributed by atoms with van der Waals surface area (Å²) in [5.41, 5.74) is 0. The lowest BCUT2D eigenvalue weighted by Gasteiger charge is -2.32. The molecule has 4 nitrogen and oxygen atoms in total. The highest BCUT2D eigenvalue weighted by Gasteiger charge is 2.30. The van der Waals surface area contributed by atoms with Gasteiger partial charge in [-0.3, -0.25) is 9.69 Å². The zero-order valence-electron chi connectivity index (χ0n) is 10.2. The summed E-state index contributed by atoms with van der Waals surface area (Å²) in [7, 11) is 1.83. The van der Waals surface area contributed by atoms with Crippen molar-refractivity contribution in [3.05, 3.63) is 0 Å². The maximum Gasteiger partial charge on any atom is 0.236 e. The van der Waals surface area contributed by atoms with Crippen LogP contribution in [0.15, 0.2) is 0 Å². The first-order chi connectivity index (χ1) is 7.81. The molecule has 16 heavy (non-hydrogen) atoms. The van der Waals surface area contributed by atoms with Gasteiger partial charge in [-0.05, 0) is 39.4 Å². The molecule has 2 fully saturated rings.